The lowest BCUT2D eigenvalue weighted by molar-refractivity contribution is 0.0917. The lowest BCUT2D eigenvalue weighted by atomic mass is 10.2. The average molecular weight is 402 g/mol. The van der Waals surface area contributed by atoms with Crippen molar-refractivity contribution in [2.75, 3.05) is 6.61 Å². The monoisotopic (exact) mass is 402 g/mol. The molecule has 1 heterocycles. The van der Waals surface area contributed by atoms with E-state index < -0.39 is 6.10 Å². The van der Waals surface area contributed by atoms with Gasteiger partial charge >= 0.3 is 0 Å². The smallest absolute Gasteiger partial charge is 0.148 e. The minimum Gasteiger partial charge on any atom is -0.491 e. The molecule has 4 aromatic rings. The van der Waals surface area contributed by atoms with E-state index in [4.69, 9.17) is 14.5 Å². The minimum absolute atomic E-state index is 0.202. The van der Waals surface area contributed by atoms with Crippen LogP contribution in [0.4, 0.5) is 0 Å². The van der Waals surface area contributed by atoms with Crippen LogP contribution in [-0.4, -0.2) is 27.4 Å². The normalized spacial score (nSPS) is 12.1. The zero-order valence-electron chi connectivity index (χ0n) is 17.3. The first-order chi connectivity index (χ1) is 14.6. The quantitative estimate of drug-likeness (QED) is 0.465. The van der Waals surface area contributed by atoms with Gasteiger partial charge < -0.3 is 19.1 Å². The second-order valence-electron chi connectivity index (χ2n) is 7.51. The molecule has 5 nitrogen and oxygen atoms in total. The summed E-state index contributed by atoms with van der Waals surface area (Å²) in [5.41, 5.74) is 4.16. The Morgan fingerprint density at radius 1 is 0.867 bits per heavy atom. The molecule has 0 aliphatic heterocycles. The summed E-state index contributed by atoms with van der Waals surface area (Å²) in [5.74, 6) is 2.32. The van der Waals surface area contributed by atoms with Crippen LogP contribution in [0.25, 0.3) is 11.0 Å². The van der Waals surface area contributed by atoms with Crippen molar-refractivity contribution in [3.63, 3.8) is 0 Å². The molecule has 0 saturated heterocycles. The molecule has 4 rings (SSSR count). The number of ether oxygens (including phenoxy) is 2. The van der Waals surface area contributed by atoms with Crippen molar-refractivity contribution in [3.05, 3.63) is 89.7 Å². The number of aromatic nitrogens is 2. The molecule has 1 N–H and O–H groups in total. The molecule has 0 radical (unpaired) electrons. The van der Waals surface area contributed by atoms with Gasteiger partial charge in [-0.25, -0.2) is 4.98 Å². The van der Waals surface area contributed by atoms with Gasteiger partial charge in [-0.15, -0.1) is 0 Å². The number of hydrogen-bond donors (Lipinski definition) is 1. The summed E-state index contributed by atoms with van der Waals surface area (Å²) < 4.78 is 13.7. The van der Waals surface area contributed by atoms with E-state index in [9.17, 15) is 5.11 Å². The fraction of sp³-hybridized carbons (Fsp3) is 0.240. The third-order valence-corrected chi connectivity index (χ3v) is 4.95. The summed E-state index contributed by atoms with van der Waals surface area (Å²) in [6, 6.07) is 23.7. The second-order valence-corrected chi connectivity index (χ2v) is 7.51. The van der Waals surface area contributed by atoms with Gasteiger partial charge in [0.2, 0.25) is 0 Å². The van der Waals surface area contributed by atoms with E-state index >= 15 is 0 Å². The highest BCUT2D eigenvalue weighted by atomic mass is 16.5. The molecule has 0 spiro atoms. The largest absolute Gasteiger partial charge is 0.491 e. The number of fused-ring (bicyclic) bond motifs is 1. The molecule has 0 fully saturated rings. The Bertz CT molecular complexity index is 1120. The number of rotatable bonds is 8. The SMILES string of the molecule is Cc1ccc(OCC(O)Cn2c(COc3cccc(C)c3)nc3ccccc32)cc1. The lowest BCUT2D eigenvalue weighted by Gasteiger charge is -2.16. The van der Waals surface area contributed by atoms with Crippen molar-refractivity contribution >= 4 is 11.0 Å². The average Bonchev–Trinajstić information content (AvgIpc) is 3.09. The molecule has 0 aliphatic carbocycles. The zero-order valence-corrected chi connectivity index (χ0v) is 17.3. The van der Waals surface area contributed by atoms with Crippen LogP contribution in [0.5, 0.6) is 11.5 Å². The number of para-hydroxylation sites is 2. The van der Waals surface area contributed by atoms with Gasteiger partial charge in [0.05, 0.1) is 17.6 Å². The van der Waals surface area contributed by atoms with Gasteiger partial charge in [0.15, 0.2) is 0 Å². The second kappa shape index (κ2) is 9.01. The Kier molecular flexibility index (Phi) is 6.00. The van der Waals surface area contributed by atoms with Crippen LogP contribution < -0.4 is 9.47 Å². The Labute approximate surface area is 176 Å². The Morgan fingerprint density at radius 3 is 2.47 bits per heavy atom. The Balaban J connectivity index is 1.48. The van der Waals surface area contributed by atoms with Gasteiger partial charge in [0.1, 0.15) is 36.6 Å². The maximum absolute atomic E-state index is 10.6. The molecule has 5 heteroatoms. The van der Waals surface area contributed by atoms with E-state index in [0.717, 1.165) is 33.9 Å². The summed E-state index contributed by atoms with van der Waals surface area (Å²) in [5, 5.41) is 10.6. The van der Waals surface area contributed by atoms with Crippen molar-refractivity contribution in [2.45, 2.75) is 33.1 Å². The number of nitrogens with zero attached hydrogens (tertiary/aromatic N) is 2. The van der Waals surface area contributed by atoms with Gasteiger partial charge in [0, 0.05) is 0 Å². The van der Waals surface area contributed by atoms with E-state index in [-0.39, 0.29) is 6.61 Å². The molecule has 0 amide bonds. The summed E-state index contributed by atoms with van der Waals surface area (Å²) in [4.78, 5) is 4.72. The number of benzene rings is 3. The maximum Gasteiger partial charge on any atom is 0.148 e. The molecular formula is C25H26N2O3. The third kappa shape index (κ3) is 4.81. The fourth-order valence-corrected chi connectivity index (χ4v) is 3.38. The van der Waals surface area contributed by atoms with Crippen LogP contribution in [0.1, 0.15) is 17.0 Å². The molecule has 1 unspecified atom stereocenters. The summed E-state index contributed by atoms with van der Waals surface area (Å²) >= 11 is 0. The predicted molar refractivity (Wildman–Crippen MR) is 118 cm³/mol. The Morgan fingerprint density at radius 2 is 1.67 bits per heavy atom. The zero-order chi connectivity index (χ0) is 20.9. The van der Waals surface area contributed by atoms with Crippen LogP contribution in [0.3, 0.4) is 0 Å². The molecule has 30 heavy (non-hydrogen) atoms. The van der Waals surface area contributed by atoms with Crippen molar-refractivity contribution in [1.29, 1.82) is 0 Å². The predicted octanol–water partition coefficient (Wildman–Crippen LogP) is 4.67. The van der Waals surface area contributed by atoms with Gasteiger partial charge in [0.25, 0.3) is 0 Å². The third-order valence-electron chi connectivity index (χ3n) is 4.95. The Hall–Kier alpha value is -3.31. The lowest BCUT2D eigenvalue weighted by Crippen LogP contribution is -2.25. The van der Waals surface area contributed by atoms with Crippen LogP contribution in [0.2, 0.25) is 0 Å². The highest BCUT2D eigenvalue weighted by Gasteiger charge is 2.15. The first-order valence-corrected chi connectivity index (χ1v) is 10.1. The van der Waals surface area contributed by atoms with Crippen molar-refractivity contribution in [1.82, 2.24) is 9.55 Å². The highest BCUT2D eigenvalue weighted by molar-refractivity contribution is 5.75. The van der Waals surface area contributed by atoms with E-state index in [1.807, 2.05) is 91.2 Å². The first-order valence-electron chi connectivity index (χ1n) is 10.1. The van der Waals surface area contributed by atoms with Crippen LogP contribution in [0.15, 0.2) is 72.8 Å². The van der Waals surface area contributed by atoms with Crippen LogP contribution in [0, 0.1) is 13.8 Å². The van der Waals surface area contributed by atoms with E-state index in [1.54, 1.807) is 0 Å². The van der Waals surface area contributed by atoms with Gasteiger partial charge in [-0.2, -0.15) is 0 Å². The summed E-state index contributed by atoms with van der Waals surface area (Å²) in [6.45, 7) is 4.96. The number of hydrogen-bond acceptors (Lipinski definition) is 4. The van der Waals surface area contributed by atoms with Crippen molar-refractivity contribution < 1.29 is 14.6 Å². The maximum atomic E-state index is 10.6. The molecule has 3 aromatic carbocycles. The van der Waals surface area contributed by atoms with Gasteiger partial charge in [-0.3, -0.25) is 0 Å². The molecule has 0 bridgehead atoms. The summed E-state index contributed by atoms with van der Waals surface area (Å²) in [6.07, 6.45) is -0.679. The molecular weight excluding hydrogens is 376 g/mol. The van der Waals surface area contributed by atoms with Crippen LogP contribution >= 0.6 is 0 Å². The number of aryl methyl sites for hydroxylation is 2. The van der Waals surface area contributed by atoms with E-state index in [2.05, 4.69) is 0 Å². The minimum atomic E-state index is -0.679. The fourth-order valence-electron chi connectivity index (χ4n) is 3.38. The van der Waals surface area contributed by atoms with Gasteiger partial charge in [-0.05, 0) is 55.8 Å². The number of aliphatic hydroxyl groups is 1. The number of imidazole rings is 1. The first kappa shape index (κ1) is 20.0. The topological polar surface area (TPSA) is 56.5 Å². The number of aliphatic hydroxyl groups excluding tert-OH is 1. The summed E-state index contributed by atoms with van der Waals surface area (Å²) in [7, 11) is 0. The molecule has 1 aromatic heterocycles. The van der Waals surface area contributed by atoms with Crippen LogP contribution in [-0.2, 0) is 13.2 Å². The highest BCUT2D eigenvalue weighted by Crippen LogP contribution is 2.20. The van der Waals surface area contributed by atoms with Gasteiger partial charge in [-0.1, -0.05) is 42.0 Å². The molecule has 154 valence electrons. The van der Waals surface area contributed by atoms with Crippen molar-refractivity contribution in [2.24, 2.45) is 0 Å². The molecule has 0 saturated carbocycles. The molecule has 1 atom stereocenters. The standard InChI is InChI=1S/C25H26N2O3/c1-18-10-12-21(13-11-18)29-16-20(28)15-27-24-9-4-3-8-23(24)26-25(27)17-30-22-7-5-6-19(2)14-22/h3-14,20,28H,15-17H2,1-2H3. The van der Waals surface area contributed by atoms with E-state index in [0.29, 0.717) is 13.2 Å². The van der Waals surface area contributed by atoms with Crippen molar-refractivity contribution in [3.8, 4) is 11.5 Å². The molecule has 0 aliphatic rings. The van der Waals surface area contributed by atoms with E-state index in [1.165, 1.54) is 5.56 Å².